The number of nitrogens with zero attached hydrogens (tertiary/aromatic N) is 2. The number of hydrogen-bond donors (Lipinski definition) is 2. The van der Waals surface area contributed by atoms with Crippen molar-refractivity contribution < 1.29 is 9.53 Å². The predicted octanol–water partition coefficient (Wildman–Crippen LogP) is 2.67. The third kappa shape index (κ3) is 3.98. The molecule has 0 atom stereocenters. The molecule has 3 N–H and O–H groups in total. The molecule has 0 saturated heterocycles. The van der Waals surface area contributed by atoms with Gasteiger partial charge in [-0.25, -0.2) is 9.78 Å². The molecule has 0 radical (unpaired) electrons. The fourth-order valence-electron chi connectivity index (χ4n) is 1.63. The van der Waals surface area contributed by atoms with Crippen molar-refractivity contribution in [3.05, 3.63) is 29.6 Å². The van der Waals surface area contributed by atoms with Gasteiger partial charge in [-0.1, -0.05) is 6.92 Å². The highest BCUT2D eigenvalue weighted by Crippen LogP contribution is 2.30. The van der Waals surface area contributed by atoms with Crippen molar-refractivity contribution in [1.29, 1.82) is 0 Å². The van der Waals surface area contributed by atoms with Crippen LogP contribution in [-0.2, 0) is 11.2 Å². The van der Waals surface area contributed by atoms with E-state index >= 15 is 0 Å². The molecule has 6 nitrogen and oxygen atoms in total. The minimum absolute atomic E-state index is 0.159. The Morgan fingerprint density at radius 1 is 1.48 bits per heavy atom. The normalized spacial score (nSPS) is 10.9. The fourth-order valence-corrected chi connectivity index (χ4v) is 2.39. The molecule has 0 bridgehead atoms. The second-order valence-electron chi connectivity index (χ2n) is 4.73. The summed E-state index contributed by atoms with van der Waals surface area (Å²) in [5, 5.41) is 7.56. The number of nitrogen functional groups attached to an aromatic ring is 1. The van der Waals surface area contributed by atoms with Crippen LogP contribution in [0.3, 0.4) is 0 Å². The van der Waals surface area contributed by atoms with Crippen LogP contribution in [-0.4, -0.2) is 27.3 Å². The molecule has 0 unspecified atom stereocenters. The zero-order valence-corrected chi connectivity index (χ0v) is 13.0. The summed E-state index contributed by atoms with van der Waals surface area (Å²) in [6, 6.07) is 5.08. The zero-order chi connectivity index (χ0) is 15.4. The van der Waals surface area contributed by atoms with E-state index < -0.39 is 0 Å². The molecule has 0 amide bonds. The van der Waals surface area contributed by atoms with Gasteiger partial charge in [-0.2, -0.15) is 0 Å². The van der Waals surface area contributed by atoms with E-state index in [-0.39, 0.29) is 12.1 Å². The number of anilines is 1. The van der Waals surface area contributed by atoms with Crippen molar-refractivity contribution in [2.45, 2.75) is 43.3 Å². The number of carbonyl (C=O) groups is 1. The van der Waals surface area contributed by atoms with Gasteiger partial charge >= 0.3 is 5.97 Å². The molecular formula is C14H18N4O2S. The van der Waals surface area contributed by atoms with E-state index in [1.807, 2.05) is 6.92 Å². The van der Waals surface area contributed by atoms with Crippen LogP contribution in [0.1, 0.15) is 37.0 Å². The molecule has 1 aromatic heterocycles. The summed E-state index contributed by atoms with van der Waals surface area (Å²) in [6.07, 6.45) is 0.636. The lowest BCUT2D eigenvalue weighted by Gasteiger charge is -2.09. The standard InChI is InChI=1S/C14H18N4O2S/c1-4-12-16-14(18-17-12)21-11-6-5-9(7-10(11)15)13(19)20-8(2)3/h5-8H,4,15H2,1-3H3,(H,16,17,18). The van der Waals surface area contributed by atoms with Crippen molar-refractivity contribution in [3.8, 4) is 0 Å². The van der Waals surface area contributed by atoms with Gasteiger partial charge in [-0.15, -0.1) is 5.10 Å². The molecule has 2 aromatic rings. The van der Waals surface area contributed by atoms with Gasteiger partial charge in [0, 0.05) is 17.0 Å². The first-order valence-electron chi connectivity index (χ1n) is 6.69. The lowest BCUT2D eigenvalue weighted by atomic mass is 10.2. The summed E-state index contributed by atoms with van der Waals surface area (Å²) in [5.41, 5.74) is 6.92. The molecule has 112 valence electrons. The largest absolute Gasteiger partial charge is 0.459 e. The lowest BCUT2D eigenvalue weighted by Crippen LogP contribution is -2.11. The highest BCUT2D eigenvalue weighted by molar-refractivity contribution is 7.99. The number of aryl methyl sites for hydroxylation is 1. The van der Waals surface area contributed by atoms with E-state index in [2.05, 4.69) is 15.2 Å². The summed E-state index contributed by atoms with van der Waals surface area (Å²) in [4.78, 5) is 16.9. The second-order valence-corrected chi connectivity index (χ2v) is 5.74. The molecule has 0 aliphatic rings. The van der Waals surface area contributed by atoms with Gasteiger partial charge in [0.25, 0.3) is 0 Å². The van der Waals surface area contributed by atoms with Crippen LogP contribution in [0.15, 0.2) is 28.3 Å². The molecule has 0 saturated carbocycles. The number of nitrogens with two attached hydrogens (primary N) is 1. The maximum atomic E-state index is 11.8. The number of nitrogens with one attached hydrogen (secondary N) is 1. The number of aromatic amines is 1. The van der Waals surface area contributed by atoms with Gasteiger partial charge in [-0.3, -0.25) is 5.10 Å². The average Bonchev–Trinajstić information content (AvgIpc) is 2.88. The maximum absolute atomic E-state index is 11.8. The van der Waals surface area contributed by atoms with Gasteiger partial charge in [0.2, 0.25) is 5.16 Å². The van der Waals surface area contributed by atoms with Crippen LogP contribution in [0.25, 0.3) is 0 Å². The number of hydrogen-bond acceptors (Lipinski definition) is 6. The van der Waals surface area contributed by atoms with Crippen LogP contribution >= 0.6 is 11.8 Å². The Hall–Kier alpha value is -2.02. The van der Waals surface area contributed by atoms with Crippen molar-refractivity contribution in [1.82, 2.24) is 15.2 Å². The summed E-state index contributed by atoms with van der Waals surface area (Å²) in [5.74, 6) is 0.451. The van der Waals surface area contributed by atoms with Crippen LogP contribution in [0.5, 0.6) is 0 Å². The third-order valence-electron chi connectivity index (χ3n) is 2.64. The number of H-pyrrole nitrogens is 1. The number of benzene rings is 1. The van der Waals surface area contributed by atoms with E-state index in [1.54, 1.807) is 32.0 Å². The van der Waals surface area contributed by atoms with E-state index in [1.165, 1.54) is 11.8 Å². The summed E-state index contributed by atoms with van der Waals surface area (Å²) in [7, 11) is 0. The van der Waals surface area contributed by atoms with Gasteiger partial charge in [-0.05, 0) is 43.8 Å². The van der Waals surface area contributed by atoms with E-state index in [0.29, 0.717) is 16.4 Å². The molecule has 0 aliphatic carbocycles. The Morgan fingerprint density at radius 2 is 2.24 bits per heavy atom. The predicted molar refractivity (Wildman–Crippen MR) is 81.3 cm³/mol. The van der Waals surface area contributed by atoms with Gasteiger partial charge < -0.3 is 10.5 Å². The lowest BCUT2D eigenvalue weighted by molar-refractivity contribution is 0.0378. The summed E-state index contributed by atoms with van der Waals surface area (Å²) in [6.45, 7) is 5.61. The Morgan fingerprint density at radius 3 is 2.81 bits per heavy atom. The quantitative estimate of drug-likeness (QED) is 0.651. The molecule has 0 fully saturated rings. The van der Waals surface area contributed by atoms with Crippen molar-refractivity contribution >= 4 is 23.4 Å². The SMILES string of the molecule is CCc1nc(Sc2ccc(C(=O)OC(C)C)cc2N)n[nH]1. The fraction of sp³-hybridized carbons (Fsp3) is 0.357. The van der Waals surface area contributed by atoms with Crippen molar-refractivity contribution in [2.75, 3.05) is 5.73 Å². The molecule has 2 rings (SSSR count). The Balaban J connectivity index is 2.13. The van der Waals surface area contributed by atoms with Gasteiger partial charge in [0.15, 0.2) is 0 Å². The maximum Gasteiger partial charge on any atom is 0.338 e. The topological polar surface area (TPSA) is 93.9 Å². The van der Waals surface area contributed by atoms with E-state index in [4.69, 9.17) is 10.5 Å². The number of aromatic nitrogens is 3. The Kier molecular flexibility index (Phi) is 4.85. The van der Waals surface area contributed by atoms with Crippen molar-refractivity contribution in [3.63, 3.8) is 0 Å². The first kappa shape index (κ1) is 15.4. The monoisotopic (exact) mass is 306 g/mol. The molecule has 7 heteroatoms. The second kappa shape index (κ2) is 6.62. The Labute approximate surface area is 127 Å². The number of esters is 1. The minimum Gasteiger partial charge on any atom is -0.459 e. The molecule has 1 aromatic carbocycles. The van der Waals surface area contributed by atoms with E-state index in [9.17, 15) is 4.79 Å². The highest BCUT2D eigenvalue weighted by atomic mass is 32.2. The van der Waals surface area contributed by atoms with Crippen LogP contribution in [0.4, 0.5) is 5.69 Å². The van der Waals surface area contributed by atoms with Crippen LogP contribution in [0, 0.1) is 0 Å². The summed E-state index contributed by atoms with van der Waals surface area (Å²) >= 11 is 1.35. The number of rotatable bonds is 5. The Bertz CT molecular complexity index is 640. The smallest absolute Gasteiger partial charge is 0.338 e. The minimum atomic E-state index is -0.376. The zero-order valence-electron chi connectivity index (χ0n) is 12.2. The van der Waals surface area contributed by atoms with Crippen molar-refractivity contribution in [2.24, 2.45) is 0 Å². The molecule has 21 heavy (non-hydrogen) atoms. The van der Waals surface area contributed by atoms with Crippen LogP contribution < -0.4 is 5.73 Å². The van der Waals surface area contributed by atoms with Gasteiger partial charge in [0.1, 0.15) is 5.82 Å². The average molecular weight is 306 g/mol. The molecule has 1 heterocycles. The first-order valence-corrected chi connectivity index (χ1v) is 7.51. The molecule has 0 spiro atoms. The number of carbonyl (C=O) groups excluding carboxylic acids is 1. The molecule has 0 aliphatic heterocycles. The van der Waals surface area contributed by atoms with Crippen LogP contribution in [0.2, 0.25) is 0 Å². The van der Waals surface area contributed by atoms with E-state index in [0.717, 1.165) is 17.1 Å². The highest BCUT2D eigenvalue weighted by Gasteiger charge is 2.13. The summed E-state index contributed by atoms with van der Waals surface area (Å²) < 4.78 is 5.14. The first-order chi connectivity index (χ1) is 9.99. The molecular weight excluding hydrogens is 288 g/mol. The van der Waals surface area contributed by atoms with Gasteiger partial charge in [0.05, 0.1) is 11.7 Å². The number of ether oxygens (including phenoxy) is 1. The third-order valence-corrected chi connectivity index (χ3v) is 3.59.